The smallest absolute Gasteiger partial charge is 0.338 e. The highest BCUT2D eigenvalue weighted by atomic mass is 32.1. The number of furan rings is 1. The van der Waals surface area contributed by atoms with Crippen molar-refractivity contribution < 1.29 is 18.7 Å². The monoisotopic (exact) mass is 290 g/mol. The van der Waals surface area contributed by atoms with Gasteiger partial charge in [-0.15, -0.1) is 11.3 Å². The first-order chi connectivity index (χ1) is 9.63. The standard InChI is InChI=1S/C13H7FN2O3S/c14-8-1-2-9(15-4-8)12-16-10(6-20-12)11-3-7(5-19-11)13(17)18/h1-6H,(H,17,18). The molecule has 3 rings (SSSR count). The third kappa shape index (κ3) is 2.30. The maximum absolute atomic E-state index is 12.8. The number of hydrogen-bond acceptors (Lipinski definition) is 5. The van der Waals surface area contributed by atoms with Crippen LogP contribution in [-0.2, 0) is 0 Å². The van der Waals surface area contributed by atoms with Crippen LogP contribution in [0.4, 0.5) is 4.39 Å². The van der Waals surface area contributed by atoms with Crippen molar-refractivity contribution in [3.63, 3.8) is 0 Å². The van der Waals surface area contributed by atoms with E-state index in [2.05, 4.69) is 9.97 Å². The van der Waals surface area contributed by atoms with Crippen molar-refractivity contribution in [1.82, 2.24) is 9.97 Å². The second-order valence-corrected chi connectivity index (χ2v) is 4.76. The summed E-state index contributed by atoms with van der Waals surface area (Å²) in [5, 5.41) is 11.2. The molecular formula is C13H7FN2O3S. The van der Waals surface area contributed by atoms with E-state index >= 15 is 0 Å². The van der Waals surface area contributed by atoms with Crippen LogP contribution >= 0.6 is 11.3 Å². The van der Waals surface area contributed by atoms with E-state index in [9.17, 15) is 9.18 Å². The molecule has 3 heterocycles. The van der Waals surface area contributed by atoms with E-state index in [1.165, 1.54) is 29.5 Å². The fraction of sp³-hybridized carbons (Fsp3) is 0. The Morgan fingerprint density at radius 2 is 2.20 bits per heavy atom. The van der Waals surface area contributed by atoms with E-state index < -0.39 is 11.8 Å². The predicted octanol–water partition coefficient (Wildman–Crippen LogP) is 3.30. The van der Waals surface area contributed by atoms with E-state index in [-0.39, 0.29) is 5.56 Å². The van der Waals surface area contributed by atoms with E-state index in [0.29, 0.717) is 22.2 Å². The summed E-state index contributed by atoms with van der Waals surface area (Å²) in [7, 11) is 0. The summed E-state index contributed by atoms with van der Waals surface area (Å²) < 4.78 is 18.0. The highest BCUT2D eigenvalue weighted by Gasteiger charge is 2.13. The molecule has 0 aliphatic rings. The lowest BCUT2D eigenvalue weighted by Gasteiger charge is -1.93. The van der Waals surface area contributed by atoms with Gasteiger partial charge in [0.25, 0.3) is 0 Å². The lowest BCUT2D eigenvalue weighted by atomic mass is 10.3. The van der Waals surface area contributed by atoms with Gasteiger partial charge >= 0.3 is 5.97 Å². The van der Waals surface area contributed by atoms with Gasteiger partial charge in [-0.2, -0.15) is 0 Å². The fourth-order valence-electron chi connectivity index (χ4n) is 1.59. The van der Waals surface area contributed by atoms with Gasteiger partial charge in [-0.1, -0.05) is 0 Å². The normalized spacial score (nSPS) is 10.7. The van der Waals surface area contributed by atoms with E-state index in [1.54, 1.807) is 5.38 Å². The molecule has 3 aromatic heterocycles. The Hall–Kier alpha value is -2.54. The molecule has 0 aliphatic carbocycles. The third-order valence-electron chi connectivity index (χ3n) is 2.55. The molecule has 0 amide bonds. The first-order valence-electron chi connectivity index (χ1n) is 5.53. The summed E-state index contributed by atoms with van der Waals surface area (Å²) in [4.78, 5) is 19.0. The average Bonchev–Trinajstić information content (AvgIpc) is 3.08. The molecule has 0 saturated heterocycles. The summed E-state index contributed by atoms with van der Waals surface area (Å²) in [6.45, 7) is 0. The summed E-state index contributed by atoms with van der Waals surface area (Å²) in [5.41, 5.74) is 1.13. The van der Waals surface area contributed by atoms with Gasteiger partial charge in [0.2, 0.25) is 0 Å². The highest BCUT2D eigenvalue weighted by Crippen LogP contribution is 2.28. The Bertz CT molecular complexity index is 764. The summed E-state index contributed by atoms with van der Waals surface area (Å²) in [6, 6.07) is 4.24. The number of hydrogen-bond donors (Lipinski definition) is 1. The molecule has 0 saturated carbocycles. The molecule has 100 valence electrons. The van der Waals surface area contributed by atoms with Crippen LogP contribution in [0.3, 0.4) is 0 Å². The molecule has 0 radical (unpaired) electrons. The highest BCUT2D eigenvalue weighted by molar-refractivity contribution is 7.13. The van der Waals surface area contributed by atoms with Gasteiger partial charge < -0.3 is 9.52 Å². The first kappa shape index (κ1) is 12.5. The number of carboxylic acids is 1. The quantitative estimate of drug-likeness (QED) is 0.801. The Morgan fingerprint density at radius 3 is 2.85 bits per heavy atom. The molecule has 1 N–H and O–H groups in total. The second kappa shape index (κ2) is 4.86. The molecule has 0 spiro atoms. The van der Waals surface area contributed by atoms with Gasteiger partial charge in [0.1, 0.15) is 22.8 Å². The summed E-state index contributed by atoms with van der Waals surface area (Å²) >= 11 is 1.32. The van der Waals surface area contributed by atoms with E-state index in [1.807, 2.05) is 0 Å². The van der Waals surface area contributed by atoms with Crippen LogP contribution in [0, 0.1) is 5.82 Å². The average molecular weight is 290 g/mol. The number of carbonyl (C=O) groups is 1. The zero-order valence-electron chi connectivity index (χ0n) is 9.91. The van der Waals surface area contributed by atoms with Crippen LogP contribution in [0.15, 0.2) is 40.5 Å². The van der Waals surface area contributed by atoms with Crippen LogP contribution in [0.1, 0.15) is 10.4 Å². The Kier molecular flexibility index (Phi) is 3.03. The van der Waals surface area contributed by atoms with Crippen molar-refractivity contribution in [3.05, 3.63) is 47.4 Å². The van der Waals surface area contributed by atoms with Gasteiger partial charge in [0.15, 0.2) is 5.76 Å². The maximum atomic E-state index is 12.8. The minimum Gasteiger partial charge on any atom is -0.478 e. The van der Waals surface area contributed by atoms with Crippen LogP contribution < -0.4 is 0 Å². The van der Waals surface area contributed by atoms with Crippen molar-refractivity contribution in [2.24, 2.45) is 0 Å². The predicted molar refractivity (Wildman–Crippen MR) is 70.0 cm³/mol. The number of thiazole rings is 1. The van der Waals surface area contributed by atoms with Crippen LogP contribution in [-0.4, -0.2) is 21.0 Å². The molecule has 0 unspecified atom stereocenters. The van der Waals surface area contributed by atoms with Crippen molar-refractivity contribution >= 4 is 17.3 Å². The Morgan fingerprint density at radius 1 is 1.35 bits per heavy atom. The van der Waals surface area contributed by atoms with Crippen LogP contribution in [0.2, 0.25) is 0 Å². The third-order valence-corrected chi connectivity index (χ3v) is 3.41. The number of pyridine rings is 1. The lowest BCUT2D eigenvalue weighted by Crippen LogP contribution is -1.91. The molecule has 0 atom stereocenters. The minimum absolute atomic E-state index is 0.0643. The van der Waals surface area contributed by atoms with Crippen molar-refractivity contribution in [3.8, 4) is 22.2 Å². The molecule has 3 aromatic rings. The maximum Gasteiger partial charge on any atom is 0.338 e. The van der Waals surface area contributed by atoms with Gasteiger partial charge in [-0.25, -0.2) is 14.2 Å². The molecule has 0 aliphatic heterocycles. The number of carboxylic acid groups (broad SMARTS) is 1. The molecular weight excluding hydrogens is 283 g/mol. The minimum atomic E-state index is -1.06. The zero-order chi connectivity index (χ0) is 14.1. The van der Waals surface area contributed by atoms with Crippen molar-refractivity contribution in [1.29, 1.82) is 0 Å². The summed E-state index contributed by atoms with van der Waals surface area (Å²) in [6.07, 6.45) is 2.28. The van der Waals surface area contributed by atoms with Gasteiger partial charge in [-0.05, 0) is 12.1 Å². The largest absolute Gasteiger partial charge is 0.478 e. The number of halogens is 1. The molecule has 0 aromatic carbocycles. The molecule has 5 nitrogen and oxygen atoms in total. The Balaban J connectivity index is 1.93. The number of aromatic nitrogens is 2. The Labute approximate surface area is 116 Å². The summed E-state index contributed by atoms with van der Waals surface area (Å²) in [5.74, 6) is -1.11. The molecule has 0 bridgehead atoms. The van der Waals surface area contributed by atoms with Crippen LogP contribution in [0.25, 0.3) is 22.2 Å². The number of aromatic carboxylic acids is 1. The van der Waals surface area contributed by atoms with Crippen molar-refractivity contribution in [2.75, 3.05) is 0 Å². The number of rotatable bonds is 3. The molecule has 20 heavy (non-hydrogen) atoms. The topological polar surface area (TPSA) is 76.2 Å². The second-order valence-electron chi connectivity index (χ2n) is 3.90. The SMILES string of the molecule is O=C(O)c1coc(-c2csc(-c3ccc(F)cn3)n2)c1. The first-order valence-corrected chi connectivity index (χ1v) is 6.41. The molecule has 0 fully saturated rings. The van der Waals surface area contributed by atoms with Gasteiger partial charge in [-0.3, -0.25) is 4.98 Å². The van der Waals surface area contributed by atoms with E-state index in [0.717, 1.165) is 12.5 Å². The zero-order valence-corrected chi connectivity index (χ0v) is 10.7. The molecule has 7 heteroatoms. The van der Waals surface area contributed by atoms with Crippen LogP contribution in [0.5, 0.6) is 0 Å². The number of nitrogens with zero attached hydrogens (tertiary/aromatic N) is 2. The van der Waals surface area contributed by atoms with Gasteiger partial charge in [0, 0.05) is 11.4 Å². The van der Waals surface area contributed by atoms with Gasteiger partial charge in [0.05, 0.1) is 17.5 Å². The van der Waals surface area contributed by atoms with E-state index in [4.69, 9.17) is 9.52 Å². The van der Waals surface area contributed by atoms with Crippen molar-refractivity contribution in [2.45, 2.75) is 0 Å². The fourth-order valence-corrected chi connectivity index (χ4v) is 2.37. The lowest BCUT2D eigenvalue weighted by molar-refractivity contribution is 0.0696.